The Morgan fingerprint density at radius 3 is 2.27 bits per heavy atom. The molecule has 0 saturated heterocycles. The van der Waals surface area contributed by atoms with Crippen molar-refractivity contribution in [3.05, 3.63) is 63.2 Å². The van der Waals surface area contributed by atoms with Crippen LogP contribution in [0.1, 0.15) is 34.3 Å². The van der Waals surface area contributed by atoms with Crippen LogP contribution >= 0.6 is 7.60 Å². The number of rotatable bonds is 8. The summed E-state index contributed by atoms with van der Waals surface area (Å²) in [6.07, 6.45) is -1.12. The number of hydrogen-bond donors (Lipinski definition) is 3. The van der Waals surface area contributed by atoms with Crippen LogP contribution in [-0.4, -0.2) is 67.3 Å². The Labute approximate surface area is 193 Å². The van der Waals surface area contributed by atoms with Crippen molar-refractivity contribution in [1.82, 2.24) is 0 Å². The van der Waals surface area contributed by atoms with Crippen molar-refractivity contribution >= 4 is 54.6 Å². The number of nitro benzene ring substituents is 1. The molecule has 10 nitrogen and oxygen atoms in total. The molecule has 30 heavy (non-hydrogen) atoms. The first-order chi connectivity index (χ1) is 13.5. The number of carbonyl (C=O) groups excluding carboxylic acids is 2. The maximum Gasteiger partial charge on any atom is 0.325 e. The molecule has 0 heterocycles. The smallest absolute Gasteiger partial charge is 0.325 e. The maximum absolute atomic E-state index is 12.6. The number of ketones is 1. The fraction of sp³-hybridized carbons (Fsp3) is 0.222. The van der Waals surface area contributed by atoms with Crippen molar-refractivity contribution in [2.24, 2.45) is 0 Å². The largest absolute Gasteiger partial charge is 0.499 e. The Balaban J connectivity index is 0.00000450. The maximum atomic E-state index is 12.6. The van der Waals surface area contributed by atoms with Gasteiger partial charge in [-0.1, -0.05) is 29.8 Å². The van der Waals surface area contributed by atoms with Crippen molar-refractivity contribution < 1.29 is 38.7 Å². The number of phenols is 1. The van der Waals surface area contributed by atoms with Gasteiger partial charge in [0.05, 0.1) is 11.1 Å². The SMILES string of the molecule is Cc1ccc(C(=O)c2cc(OC(=O)CCCP(=O)(O)O)c(O)c([N+](=O)[O-])c2)cc1.[Na]. The van der Waals surface area contributed by atoms with Crippen LogP contribution in [0, 0.1) is 17.0 Å². The molecule has 0 spiro atoms. The number of aromatic hydroxyl groups is 1. The summed E-state index contributed by atoms with van der Waals surface area (Å²) < 4.78 is 15.7. The Kier molecular flexibility index (Phi) is 9.35. The Bertz CT molecular complexity index is 1000. The Hall–Kier alpha value is -2.07. The molecule has 2 aromatic carbocycles. The van der Waals surface area contributed by atoms with E-state index in [9.17, 15) is 29.4 Å². The minimum Gasteiger partial charge on any atom is -0.499 e. The fourth-order valence-corrected chi connectivity index (χ4v) is 2.99. The number of nitrogens with zero attached hydrogens (tertiary/aromatic N) is 1. The molecular weight excluding hydrogens is 428 g/mol. The van der Waals surface area contributed by atoms with Crippen molar-refractivity contribution in [2.45, 2.75) is 19.8 Å². The van der Waals surface area contributed by atoms with Gasteiger partial charge in [-0.25, -0.2) is 0 Å². The van der Waals surface area contributed by atoms with Crippen LogP contribution in [0.4, 0.5) is 5.69 Å². The van der Waals surface area contributed by atoms with Crippen LogP contribution in [0.25, 0.3) is 0 Å². The molecule has 0 aromatic heterocycles. The number of esters is 1. The summed E-state index contributed by atoms with van der Waals surface area (Å²) in [5.41, 5.74) is 0.162. The van der Waals surface area contributed by atoms with E-state index in [2.05, 4.69) is 0 Å². The molecule has 0 aliphatic carbocycles. The van der Waals surface area contributed by atoms with E-state index < -0.39 is 54.0 Å². The van der Waals surface area contributed by atoms with E-state index in [-0.39, 0.29) is 47.1 Å². The predicted molar refractivity (Wildman–Crippen MR) is 107 cm³/mol. The first kappa shape index (κ1) is 26.0. The Morgan fingerprint density at radius 2 is 1.73 bits per heavy atom. The molecule has 0 unspecified atom stereocenters. The Morgan fingerprint density at radius 1 is 1.13 bits per heavy atom. The minimum absolute atomic E-state index is 0. The summed E-state index contributed by atoms with van der Waals surface area (Å²) >= 11 is 0. The predicted octanol–water partition coefficient (Wildman–Crippen LogP) is 2.32. The van der Waals surface area contributed by atoms with Crippen molar-refractivity contribution in [3.8, 4) is 11.5 Å². The average molecular weight is 446 g/mol. The number of benzene rings is 2. The van der Waals surface area contributed by atoms with E-state index in [1.54, 1.807) is 12.1 Å². The minimum atomic E-state index is -4.28. The number of hydrogen-bond acceptors (Lipinski definition) is 7. The van der Waals surface area contributed by atoms with Crippen LogP contribution < -0.4 is 4.74 Å². The summed E-state index contributed by atoms with van der Waals surface area (Å²) in [5.74, 6) is -3.07. The zero-order valence-electron chi connectivity index (χ0n) is 16.3. The van der Waals surface area contributed by atoms with E-state index in [1.165, 1.54) is 12.1 Å². The fourth-order valence-electron chi connectivity index (χ4n) is 2.42. The first-order valence-electron chi connectivity index (χ1n) is 8.36. The van der Waals surface area contributed by atoms with Gasteiger partial charge in [0.25, 0.3) is 0 Å². The molecule has 0 bridgehead atoms. The second-order valence-corrected chi connectivity index (χ2v) is 8.04. The van der Waals surface area contributed by atoms with Crippen LogP contribution in [-0.2, 0) is 9.36 Å². The summed E-state index contributed by atoms with van der Waals surface area (Å²) in [5, 5.41) is 21.2. The molecule has 3 N–H and O–H groups in total. The summed E-state index contributed by atoms with van der Waals surface area (Å²) in [6, 6.07) is 8.32. The standard InChI is InChI=1S/C18H18NO9P.Na/c1-11-4-6-12(7-5-11)17(21)13-9-14(19(23)24)18(22)15(10-13)28-16(20)3-2-8-29(25,26)27;/h4-7,9-10,22H,2-3,8H2,1H3,(H2,25,26,27);. The van der Waals surface area contributed by atoms with Gasteiger partial charge in [0.15, 0.2) is 11.5 Å². The third kappa shape index (κ3) is 7.32. The molecule has 1 radical (unpaired) electrons. The molecule has 0 saturated carbocycles. The van der Waals surface area contributed by atoms with Gasteiger partial charge in [-0.05, 0) is 19.4 Å². The molecule has 0 aliphatic heterocycles. The topological polar surface area (TPSA) is 164 Å². The molecular formula is C18H18NNaO9P. The van der Waals surface area contributed by atoms with E-state index in [1.807, 2.05) is 6.92 Å². The second-order valence-electron chi connectivity index (χ2n) is 6.26. The normalized spacial score (nSPS) is 10.8. The van der Waals surface area contributed by atoms with Crippen LogP contribution in [0.5, 0.6) is 11.5 Å². The summed E-state index contributed by atoms with van der Waals surface area (Å²) in [6.45, 7) is 1.82. The van der Waals surface area contributed by atoms with Gasteiger partial charge in [-0.3, -0.25) is 24.3 Å². The number of ether oxygens (including phenoxy) is 1. The van der Waals surface area contributed by atoms with Crippen molar-refractivity contribution in [3.63, 3.8) is 0 Å². The number of carbonyl (C=O) groups is 2. The third-order valence-electron chi connectivity index (χ3n) is 3.88. The van der Waals surface area contributed by atoms with E-state index in [0.717, 1.165) is 17.7 Å². The van der Waals surface area contributed by atoms with Gasteiger partial charge in [-0.2, -0.15) is 0 Å². The quantitative estimate of drug-likeness (QED) is 0.105. The third-order valence-corrected chi connectivity index (χ3v) is 4.78. The van der Waals surface area contributed by atoms with Gasteiger partial charge < -0.3 is 19.6 Å². The van der Waals surface area contributed by atoms with Gasteiger partial charge >= 0.3 is 19.3 Å². The molecule has 155 valence electrons. The van der Waals surface area contributed by atoms with Gasteiger partial charge in [0.1, 0.15) is 0 Å². The summed E-state index contributed by atoms with van der Waals surface area (Å²) in [4.78, 5) is 52.4. The molecule has 0 amide bonds. The molecule has 2 aromatic rings. The van der Waals surface area contributed by atoms with Gasteiger partial charge in [0, 0.05) is 53.2 Å². The molecule has 0 fully saturated rings. The van der Waals surface area contributed by atoms with E-state index >= 15 is 0 Å². The monoisotopic (exact) mass is 446 g/mol. The van der Waals surface area contributed by atoms with Gasteiger partial charge in [-0.15, -0.1) is 0 Å². The molecule has 0 atom stereocenters. The van der Waals surface area contributed by atoms with Gasteiger partial charge in [0.2, 0.25) is 5.75 Å². The number of phenolic OH excluding ortho intramolecular Hbond substituents is 1. The average Bonchev–Trinajstić information content (AvgIpc) is 2.62. The van der Waals surface area contributed by atoms with Crippen LogP contribution in [0.2, 0.25) is 0 Å². The van der Waals surface area contributed by atoms with Crippen molar-refractivity contribution in [1.29, 1.82) is 0 Å². The zero-order chi connectivity index (χ0) is 21.8. The van der Waals surface area contributed by atoms with Crippen LogP contribution in [0.3, 0.4) is 0 Å². The van der Waals surface area contributed by atoms with Crippen molar-refractivity contribution in [2.75, 3.05) is 6.16 Å². The van der Waals surface area contributed by atoms with E-state index in [0.29, 0.717) is 0 Å². The first-order valence-corrected chi connectivity index (χ1v) is 10.2. The molecule has 2 rings (SSSR count). The van der Waals surface area contributed by atoms with E-state index in [4.69, 9.17) is 14.5 Å². The second kappa shape index (κ2) is 10.8. The zero-order valence-corrected chi connectivity index (χ0v) is 19.2. The summed E-state index contributed by atoms with van der Waals surface area (Å²) in [7, 11) is -4.28. The number of aryl methyl sites for hydroxylation is 1. The molecule has 0 aliphatic rings. The van der Waals surface area contributed by atoms with Crippen LogP contribution in [0.15, 0.2) is 36.4 Å². The number of nitro groups is 1. The molecule has 12 heteroatoms.